The van der Waals surface area contributed by atoms with Crippen molar-refractivity contribution in [2.45, 2.75) is 54.9 Å². The Labute approximate surface area is 230 Å². The second-order valence-electron chi connectivity index (χ2n) is 10.5. The number of fused-ring (bicyclic) bond motifs is 2. The fraction of sp³-hybridized carbons (Fsp3) is 0.464. The number of thioether (sulfide) groups is 1. The average Bonchev–Trinajstić information content (AvgIpc) is 3.71. The molecule has 2 bridgehead atoms. The number of nitrogens with zero attached hydrogens (tertiary/aromatic N) is 4. The van der Waals surface area contributed by atoms with Crippen molar-refractivity contribution in [1.82, 2.24) is 30.5 Å². The molecule has 3 aliphatic heterocycles. The lowest BCUT2D eigenvalue weighted by atomic mass is 9.70. The van der Waals surface area contributed by atoms with Crippen LogP contribution in [0.2, 0.25) is 0 Å². The number of carbonyl (C=O) groups excluding carboxylic acids is 3. The number of para-hydroxylation sites is 1. The number of nitrogens with one attached hydrogen (secondary N) is 2. The van der Waals surface area contributed by atoms with Crippen molar-refractivity contribution in [3.63, 3.8) is 0 Å². The van der Waals surface area contributed by atoms with Crippen molar-refractivity contribution in [1.29, 1.82) is 0 Å². The predicted octanol–water partition coefficient (Wildman–Crippen LogP) is 1.69. The van der Waals surface area contributed by atoms with Crippen LogP contribution in [0.1, 0.15) is 31.2 Å². The van der Waals surface area contributed by atoms with Crippen molar-refractivity contribution in [3.05, 3.63) is 60.2 Å². The molecule has 10 nitrogen and oxygen atoms in total. The van der Waals surface area contributed by atoms with Crippen LogP contribution in [0, 0.1) is 11.8 Å². The molecule has 0 saturated carbocycles. The van der Waals surface area contributed by atoms with E-state index >= 15 is 0 Å². The third kappa shape index (κ3) is 4.47. The minimum atomic E-state index is -0.689. The van der Waals surface area contributed by atoms with Gasteiger partial charge in [0.05, 0.1) is 22.1 Å². The molecule has 11 heteroatoms. The fourth-order valence-electron chi connectivity index (χ4n) is 6.57. The summed E-state index contributed by atoms with van der Waals surface area (Å²) in [7, 11) is 0. The molecule has 3 fully saturated rings. The summed E-state index contributed by atoms with van der Waals surface area (Å²) >= 11 is 1.65. The average molecular weight is 549 g/mol. The Morgan fingerprint density at radius 2 is 1.85 bits per heavy atom. The number of aromatic nitrogens is 3. The van der Waals surface area contributed by atoms with E-state index in [0.29, 0.717) is 32.4 Å². The van der Waals surface area contributed by atoms with Gasteiger partial charge in [-0.1, -0.05) is 47.7 Å². The number of hydrogen-bond donors (Lipinski definition) is 3. The van der Waals surface area contributed by atoms with E-state index in [1.54, 1.807) is 21.3 Å². The van der Waals surface area contributed by atoms with E-state index in [1.807, 2.05) is 54.6 Å². The molecule has 0 aliphatic carbocycles. The number of hydrogen-bond acceptors (Lipinski definition) is 7. The molecule has 4 heterocycles. The quantitative estimate of drug-likeness (QED) is 0.329. The third-order valence-corrected chi connectivity index (χ3v) is 10.2. The Morgan fingerprint density at radius 3 is 2.67 bits per heavy atom. The van der Waals surface area contributed by atoms with Crippen molar-refractivity contribution in [2.24, 2.45) is 11.8 Å². The fourth-order valence-corrected chi connectivity index (χ4v) is 8.79. The highest BCUT2D eigenvalue weighted by molar-refractivity contribution is 8.02. The number of unbranched alkanes of at least 4 members (excludes halogenated alkanes) is 1. The molecule has 0 radical (unpaired) electrons. The summed E-state index contributed by atoms with van der Waals surface area (Å²) in [6.07, 6.45) is 2.63. The van der Waals surface area contributed by atoms with Crippen LogP contribution in [-0.4, -0.2) is 71.9 Å². The number of likely N-dealkylation sites (tertiary alicyclic amines) is 1. The monoisotopic (exact) mass is 548 g/mol. The first-order valence-electron chi connectivity index (χ1n) is 13.5. The summed E-state index contributed by atoms with van der Waals surface area (Å²) in [6.45, 7) is 0.918. The highest BCUT2D eigenvalue weighted by atomic mass is 32.2. The van der Waals surface area contributed by atoms with E-state index < -0.39 is 22.6 Å². The van der Waals surface area contributed by atoms with Crippen LogP contribution in [0.25, 0.3) is 11.0 Å². The molecular weight excluding hydrogens is 516 g/mol. The van der Waals surface area contributed by atoms with E-state index in [2.05, 4.69) is 20.9 Å². The lowest BCUT2D eigenvalue weighted by molar-refractivity contribution is -0.140. The van der Waals surface area contributed by atoms with E-state index in [9.17, 15) is 19.5 Å². The molecule has 5 atom stereocenters. The van der Waals surface area contributed by atoms with E-state index in [4.69, 9.17) is 0 Å². The zero-order valence-electron chi connectivity index (χ0n) is 21.5. The van der Waals surface area contributed by atoms with Crippen LogP contribution >= 0.6 is 11.8 Å². The lowest BCUT2D eigenvalue weighted by Crippen LogP contribution is -2.54. The molecule has 39 heavy (non-hydrogen) atoms. The van der Waals surface area contributed by atoms with Gasteiger partial charge < -0.3 is 20.6 Å². The van der Waals surface area contributed by atoms with E-state index in [0.717, 1.165) is 23.0 Å². The molecule has 204 valence electrons. The third-order valence-electron chi connectivity index (χ3n) is 8.29. The smallest absolute Gasteiger partial charge is 0.245 e. The Hall–Kier alpha value is -3.44. The van der Waals surface area contributed by atoms with Crippen LogP contribution in [0.4, 0.5) is 0 Å². The van der Waals surface area contributed by atoms with Crippen molar-refractivity contribution in [3.8, 4) is 0 Å². The largest absolute Gasteiger partial charge is 0.396 e. The van der Waals surface area contributed by atoms with Crippen molar-refractivity contribution >= 4 is 40.5 Å². The minimum Gasteiger partial charge on any atom is -0.396 e. The number of rotatable bonds is 10. The summed E-state index contributed by atoms with van der Waals surface area (Å²) in [5.41, 5.74) is 2.54. The van der Waals surface area contributed by atoms with Gasteiger partial charge in [-0.3, -0.25) is 14.4 Å². The highest BCUT2D eigenvalue weighted by Crippen LogP contribution is 2.66. The van der Waals surface area contributed by atoms with Crippen LogP contribution in [0.3, 0.4) is 0 Å². The maximum atomic E-state index is 13.9. The number of carbonyl (C=O) groups is 3. The first-order chi connectivity index (χ1) is 19.0. The molecule has 6 rings (SSSR count). The zero-order chi connectivity index (χ0) is 27.0. The Kier molecular flexibility index (Phi) is 7.03. The topological polar surface area (TPSA) is 129 Å². The first kappa shape index (κ1) is 25.8. The summed E-state index contributed by atoms with van der Waals surface area (Å²) in [5, 5.41) is 23.7. The van der Waals surface area contributed by atoms with Gasteiger partial charge in [0.2, 0.25) is 17.7 Å². The minimum absolute atomic E-state index is 0.00359. The standard InChI is InChI=1S/C28H32N6O4S/c35-15-7-6-14-33-24(26(37)30-17-34-20-11-5-4-10-19(20)31-32-34)28-13-12-21(39-28)22(23(28)27(33)38)25(36)29-16-18-8-2-1-3-9-18/h1-5,8-11,21-24,35H,6-7,12-17H2,(H,29,36)(H,30,37)/t21-,22+,23+,24?,28?/m1/s1. The number of aliphatic hydroxyl groups is 1. The Morgan fingerprint density at radius 1 is 1.05 bits per heavy atom. The van der Waals surface area contributed by atoms with Gasteiger partial charge in [0.25, 0.3) is 0 Å². The summed E-state index contributed by atoms with van der Waals surface area (Å²) in [6, 6.07) is 16.5. The maximum Gasteiger partial charge on any atom is 0.245 e. The molecular formula is C28H32N6O4S. The van der Waals surface area contributed by atoms with Gasteiger partial charge in [0, 0.05) is 24.9 Å². The van der Waals surface area contributed by atoms with Crippen LogP contribution in [0.5, 0.6) is 0 Å². The molecule has 3 saturated heterocycles. The first-order valence-corrected chi connectivity index (χ1v) is 14.4. The van der Waals surface area contributed by atoms with E-state index in [1.165, 1.54) is 0 Å². The molecule has 2 unspecified atom stereocenters. The number of benzene rings is 2. The van der Waals surface area contributed by atoms with Crippen molar-refractivity contribution < 1.29 is 19.5 Å². The second kappa shape index (κ2) is 10.6. The molecule has 3 amide bonds. The normalized spacial score (nSPS) is 27.2. The molecule has 3 aromatic rings. The Balaban J connectivity index is 1.23. The second-order valence-corrected chi connectivity index (χ2v) is 12.1. The molecule has 1 spiro atoms. The van der Waals surface area contributed by atoms with Gasteiger partial charge in [-0.05, 0) is 43.4 Å². The molecule has 3 N–H and O–H groups in total. The zero-order valence-corrected chi connectivity index (χ0v) is 22.3. The molecule has 2 aromatic carbocycles. The van der Waals surface area contributed by atoms with Gasteiger partial charge in [-0.2, -0.15) is 0 Å². The van der Waals surface area contributed by atoms with Gasteiger partial charge in [0.15, 0.2) is 0 Å². The van der Waals surface area contributed by atoms with Gasteiger partial charge in [-0.15, -0.1) is 16.9 Å². The molecule has 1 aromatic heterocycles. The van der Waals surface area contributed by atoms with Crippen molar-refractivity contribution in [2.75, 3.05) is 13.2 Å². The summed E-state index contributed by atoms with van der Waals surface area (Å²) < 4.78 is 0.985. The van der Waals surface area contributed by atoms with Crippen LogP contribution in [-0.2, 0) is 27.6 Å². The maximum absolute atomic E-state index is 13.9. The SMILES string of the molecule is O=C(NCn1nnc2ccccc21)C1N(CCCCO)C(=O)[C@@H]2[C@@H](C(=O)NCc3ccccc3)[C@H]3CCC12S3. The lowest BCUT2D eigenvalue weighted by Gasteiger charge is -2.34. The van der Waals surface area contributed by atoms with Gasteiger partial charge in [-0.25, -0.2) is 4.68 Å². The number of aliphatic hydroxyl groups excluding tert-OH is 1. The van der Waals surface area contributed by atoms with E-state index in [-0.39, 0.29) is 36.2 Å². The Bertz CT molecular complexity index is 1380. The van der Waals surface area contributed by atoms with Crippen LogP contribution in [0.15, 0.2) is 54.6 Å². The van der Waals surface area contributed by atoms with Crippen LogP contribution < -0.4 is 10.6 Å². The molecule has 3 aliphatic rings. The number of amides is 3. The summed E-state index contributed by atoms with van der Waals surface area (Å²) in [4.78, 5) is 43.0. The highest BCUT2D eigenvalue weighted by Gasteiger charge is 2.73. The van der Waals surface area contributed by atoms with Gasteiger partial charge in [0.1, 0.15) is 18.2 Å². The summed E-state index contributed by atoms with van der Waals surface area (Å²) in [5.74, 6) is -1.52. The predicted molar refractivity (Wildman–Crippen MR) is 146 cm³/mol. The van der Waals surface area contributed by atoms with Gasteiger partial charge >= 0.3 is 0 Å².